The minimum atomic E-state index is 0.401. The molecule has 1 aliphatic rings. The lowest BCUT2D eigenvalue weighted by atomic mass is 10.00. The van der Waals surface area contributed by atoms with Crippen LogP contribution >= 0.6 is 0 Å². The van der Waals surface area contributed by atoms with Gasteiger partial charge in [-0.05, 0) is 25.5 Å². The van der Waals surface area contributed by atoms with Gasteiger partial charge in [0.25, 0.3) is 0 Å². The molecule has 1 aromatic heterocycles. The predicted molar refractivity (Wildman–Crippen MR) is 68.3 cm³/mol. The fourth-order valence-electron chi connectivity index (χ4n) is 2.60. The molecule has 1 aliphatic heterocycles. The quantitative estimate of drug-likeness (QED) is 0.858. The summed E-state index contributed by atoms with van der Waals surface area (Å²) in [6.45, 7) is 1.09. The van der Waals surface area contributed by atoms with E-state index in [4.69, 9.17) is 4.74 Å². The SMILES string of the molecule is COc1cnc2ccccc2c1C1CCCN1. The maximum atomic E-state index is 5.46. The molecule has 0 bridgehead atoms. The molecule has 0 saturated carbocycles. The van der Waals surface area contributed by atoms with E-state index in [1.54, 1.807) is 7.11 Å². The second-order valence-corrected chi connectivity index (χ2v) is 4.41. The van der Waals surface area contributed by atoms with Crippen LogP contribution in [0.1, 0.15) is 24.4 Å². The number of para-hydroxylation sites is 1. The van der Waals surface area contributed by atoms with Crippen LogP contribution in [0.4, 0.5) is 0 Å². The lowest BCUT2D eigenvalue weighted by molar-refractivity contribution is 0.403. The summed E-state index contributed by atoms with van der Waals surface area (Å²) in [6.07, 6.45) is 4.23. The van der Waals surface area contributed by atoms with Gasteiger partial charge in [-0.2, -0.15) is 0 Å². The number of ether oxygens (including phenoxy) is 1. The lowest BCUT2D eigenvalue weighted by Gasteiger charge is -2.17. The normalized spacial score (nSPS) is 19.7. The number of rotatable bonds is 2. The second-order valence-electron chi connectivity index (χ2n) is 4.41. The molecular weight excluding hydrogens is 212 g/mol. The number of hydrogen-bond donors (Lipinski definition) is 1. The molecule has 0 amide bonds. The zero-order valence-corrected chi connectivity index (χ0v) is 9.94. The van der Waals surface area contributed by atoms with Gasteiger partial charge < -0.3 is 10.1 Å². The Morgan fingerprint density at radius 2 is 2.24 bits per heavy atom. The van der Waals surface area contributed by atoms with E-state index in [0.717, 1.165) is 17.8 Å². The Bertz CT molecular complexity index is 533. The van der Waals surface area contributed by atoms with E-state index in [0.29, 0.717) is 6.04 Å². The Balaban J connectivity index is 2.23. The van der Waals surface area contributed by atoms with Gasteiger partial charge in [0.05, 0.1) is 18.8 Å². The van der Waals surface area contributed by atoms with Crippen molar-refractivity contribution in [1.82, 2.24) is 10.3 Å². The highest BCUT2D eigenvalue weighted by molar-refractivity contribution is 5.84. The van der Waals surface area contributed by atoms with Crippen molar-refractivity contribution in [2.75, 3.05) is 13.7 Å². The van der Waals surface area contributed by atoms with Gasteiger partial charge in [0, 0.05) is 17.0 Å². The summed E-state index contributed by atoms with van der Waals surface area (Å²) in [6, 6.07) is 8.65. The molecule has 2 aromatic rings. The summed E-state index contributed by atoms with van der Waals surface area (Å²) < 4.78 is 5.46. The number of fused-ring (bicyclic) bond motifs is 1. The Morgan fingerprint density at radius 1 is 1.35 bits per heavy atom. The van der Waals surface area contributed by atoms with Gasteiger partial charge >= 0.3 is 0 Å². The zero-order chi connectivity index (χ0) is 11.7. The number of nitrogens with zero attached hydrogens (tertiary/aromatic N) is 1. The van der Waals surface area contributed by atoms with Gasteiger partial charge in [-0.15, -0.1) is 0 Å². The number of nitrogens with one attached hydrogen (secondary N) is 1. The topological polar surface area (TPSA) is 34.1 Å². The maximum Gasteiger partial charge on any atom is 0.142 e. The van der Waals surface area contributed by atoms with Crippen molar-refractivity contribution in [3.63, 3.8) is 0 Å². The molecule has 3 rings (SSSR count). The van der Waals surface area contributed by atoms with Crippen LogP contribution < -0.4 is 10.1 Å². The zero-order valence-electron chi connectivity index (χ0n) is 9.94. The molecule has 1 aromatic carbocycles. The third-order valence-corrected chi connectivity index (χ3v) is 3.41. The summed E-state index contributed by atoms with van der Waals surface area (Å²) in [5.74, 6) is 0.892. The van der Waals surface area contributed by atoms with E-state index in [9.17, 15) is 0 Å². The molecule has 1 fully saturated rings. The first kappa shape index (κ1) is 10.5. The first-order valence-electron chi connectivity index (χ1n) is 6.05. The minimum Gasteiger partial charge on any atom is -0.495 e. The minimum absolute atomic E-state index is 0.401. The van der Waals surface area contributed by atoms with Crippen molar-refractivity contribution in [2.24, 2.45) is 0 Å². The van der Waals surface area contributed by atoms with E-state index < -0.39 is 0 Å². The number of hydrogen-bond acceptors (Lipinski definition) is 3. The van der Waals surface area contributed by atoms with Crippen molar-refractivity contribution in [3.8, 4) is 5.75 Å². The summed E-state index contributed by atoms with van der Waals surface area (Å²) in [7, 11) is 1.71. The van der Waals surface area contributed by atoms with Gasteiger partial charge in [-0.3, -0.25) is 4.98 Å². The van der Waals surface area contributed by atoms with E-state index in [-0.39, 0.29) is 0 Å². The van der Waals surface area contributed by atoms with Crippen LogP contribution in [-0.2, 0) is 0 Å². The van der Waals surface area contributed by atoms with Gasteiger partial charge in [0.1, 0.15) is 5.75 Å². The molecule has 1 unspecified atom stereocenters. The Kier molecular flexibility index (Phi) is 2.69. The van der Waals surface area contributed by atoms with Crippen molar-refractivity contribution in [2.45, 2.75) is 18.9 Å². The maximum absolute atomic E-state index is 5.46. The van der Waals surface area contributed by atoms with Gasteiger partial charge in [-0.25, -0.2) is 0 Å². The molecular formula is C14H16N2O. The first-order valence-corrected chi connectivity index (χ1v) is 6.05. The number of aromatic nitrogens is 1. The van der Waals surface area contributed by atoms with Crippen LogP contribution in [-0.4, -0.2) is 18.6 Å². The van der Waals surface area contributed by atoms with Crippen LogP contribution in [0.15, 0.2) is 30.5 Å². The van der Waals surface area contributed by atoms with Crippen LogP contribution in [0.3, 0.4) is 0 Å². The summed E-state index contributed by atoms with van der Waals surface area (Å²) in [5, 5.41) is 4.73. The summed E-state index contributed by atoms with van der Waals surface area (Å²) in [4.78, 5) is 4.43. The monoisotopic (exact) mass is 228 g/mol. The average molecular weight is 228 g/mol. The number of methoxy groups -OCH3 is 1. The Labute approximate surface area is 101 Å². The summed E-state index contributed by atoms with van der Waals surface area (Å²) >= 11 is 0. The highest BCUT2D eigenvalue weighted by Crippen LogP contribution is 2.35. The van der Waals surface area contributed by atoms with Gasteiger partial charge in [0.2, 0.25) is 0 Å². The van der Waals surface area contributed by atoms with Gasteiger partial charge in [-0.1, -0.05) is 18.2 Å². The largest absolute Gasteiger partial charge is 0.495 e. The van der Waals surface area contributed by atoms with Gasteiger partial charge in [0.15, 0.2) is 0 Å². The third-order valence-electron chi connectivity index (χ3n) is 3.41. The van der Waals surface area contributed by atoms with Crippen LogP contribution in [0, 0.1) is 0 Å². The highest BCUT2D eigenvalue weighted by atomic mass is 16.5. The van der Waals surface area contributed by atoms with Crippen LogP contribution in [0.5, 0.6) is 5.75 Å². The van der Waals surface area contributed by atoms with Crippen LogP contribution in [0.25, 0.3) is 10.9 Å². The Morgan fingerprint density at radius 3 is 3.00 bits per heavy atom. The van der Waals surface area contributed by atoms with Crippen molar-refractivity contribution in [3.05, 3.63) is 36.0 Å². The standard InChI is InChI=1S/C14H16N2O/c1-17-13-9-16-11-6-3-2-5-10(11)14(13)12-7-4-8-15-12/h2-3,5-6,9,12,15H,4,7-8H2,1H3. The second kappa shape index (κ2) is 4.34. The van der Waals surface area contributed by atoms with E-state index in [1.807, 2.05) is 18.3 Å². The molecule has 2 heterocycles. The molecule has 1 saturated heterocycles. The number of benzene rings is 1. The number of pyridine rings is 1. The average Bonchev–Trinajstić information content (AvgIpc) is 2.91. The van der Waals surface area contributed by atoms with E-state index in [1.165, 1.54) is 23.8 Å². The fraction of sp³-hybridized carbons (Fsp3) is 0.357. The van der Waals surface area contributed by atoms with Crippen LogP contribution in [0.2, 0.25) is 0 Å². The van der Waals surface area contributed by atoms with E-state index >= 15 is 0 Å². The molecule has 88 valence electrons. The lowest BCUT2D eigenvalue weighted by Crippen LogP contribution is -2.14. The third kappa shape index (κ3) is 1.76. The van der Waals surface area contributed by atoms with Crippen molar-refractivity contribution < 1.29 is 4.74 Å². The molecule has 17 heavy (non-hydrogen) atoms. The molecule has 1 N–H and O–H groups in total. The highest BCUT2D eigenvalue weighted by Gasteiger charge is 2.22. The molecule has 0 aliphatic carbocycles. The van der Waals surface area contributed by atoms with Crippen molar-refractivity contribution in [1.29, 1.82) is 0 Å². The molecule has 1 atom stereocenters. The Hall–Kier alpha value is -1.61. The summed E-state index contributed by atoms with van der Waals surface area (Å²) in [5.41, 5.74) is 2.30. The molecule has 0 spiro atoms. The van der Waals surface area contributed by atoms with E-state index in [2.05, 4.69) is 22.4 Å². The molecule has 3 heteroatoms. The predicted octanol–water partition coefficient (Wildman–Crippen LogP) is 2.67. The fourth-order valence-corrected chi connectivity index (χ4v) is 2.60. The first-order chi connectivity index (χ1) is 8.40. The molecule has 0 radical (unpaired) electrons. The van der Waals surface area contributed by atoms with Crippen molar-refractivity contribution >= 4 is 10.9 Å². The molecule has 3 nitrogen and oxygen atoms in total. The smallest absolute Gasteiger partial charge is 0.142 e.